The van der Waals surface area contributed by atoms with Crippen LogP contribution < -0.4 is 15.5 Å². The summed E-state index contributed by atoms with van der Waals surface area (Å²) in [5.41, 5.74) is 3.72. The minimum atomic E-state index is 0.271. The second-order valence-electron chi connectivity index (χ2n) is 6.38. The third-order valence-corrected chi connectivity index (χ3v) is 4.16. The minimum absolute atomic E-state index is 0.271. The van der Waals surface area contributed by atoms with Crippen LogP contribution in [0.5, 0.6) is 0 Å². The molecule has 0 aliphatic carbocycles. The van der Waals surface area contributed by atoms with Crippen molar-refractivity contribution in [3.05, 3.63) is 47.2 Å². The van der Waals surface area contributed by atoms with E-state index < -0.39 is 0 Å². The molecule has 0 fully saturated rings. The van der Waals surface area contributed by atoms with Gasteiger partial charge in [-0.2, -0.15) is 4.98 Å². The average molecular weight is 341 g/mol. The Balaban J connectivity index is 1.78. The van der Waals surface area contributed by atoms with Gasteiger partial charge in [0.15, 0.2) is 5.11 Å². The Morgan fingerprint density at radius 2 is 1.96 bits per heavy atom. The van der Waals surface area contributed by atoms with E-state index in [4.69, 9.17) is 12.2 Å². The molecule has 126 valence electrons. The van der Waals surface area contributed by atoms with E-state index in [-0.39, 0.29) is 6.04 Å². The van der Waals surface area contributed by atoms with Crippen molar-refractivity contribution in [2.45, 2.75) is 39.8 Å². The van der Waals surface area contributed by atoms with Gasteiger partial charge < -0.3 is 15.5 Å². The van der Waals surface area contributed by atoms with Crippen LogP contribution in [-0.4, -0.2) is 27.7 Å². The molecule has 2 aromatic rings. The number of thiocarbonyl (C=S) groups is 1. The van der Waals surface area contributed by atoms with Gasteiger partial charge in [0, 0.05) is 30.9 Å². The number of nitrogens with one attached hydrogen (secondary N) is 2. The predicted octanol–water partition coefficient (Wildman–Crippen LogP) is 3.04. The highest BCUT2D eigenvalue weighted by Crippen LogP contribution is 2.24. The van der Waals surface area contributed by atoms with Gasteiger partial charge >= 0.3 is 0 Å². The molecule has 1 aliphatic heterocycles. The summed E-state index contributed by atoms with van der Waals surface area (Å²) in [6.45, 7) is 7.90. The van der Waals surface area contributed by atoms with Crippen molar-refractivity contribution in [1.29, 1.82) is 0 Å². The number of hydrogen-bond acceptors (Lipinski definition) is 4. The molecule has 1 aliphatic rings. The van der Waals surface area contributed by atoms with E-state index in [1.165, 1.54) is 11.1 Å². The van der Waals surface area contributed by atoms with Crippen molar-refractivity contribution in [2.24, 2.45) is 0 Å². The monoisotopic (exact) mass is 341 g/mol. The molecule has 24 heavy (non-hydrogen) atoms. The lowest BCUT2D eigenvalue weighted by Crippen LogP contribution is -2.35. The van der Waals surface area contributed by atoms with Crippen molar-refractivity contribution in [3.63, 3.8) is 0 Å². The number of nitrogens with zero attached hydrogens (tertiary/aromatic N) is 3. The summed E-state index contributed by atoms with van der Waals surface area (Å²) in [7, 11) is 0. The summed E-state index contributed by atoms with van der Waals surface area (Å²) < 4.78 is 0. The van der Waals surface area contributed by atoms with Gasteiger partial charge in [-0.1, -0.05) is 24.3 Å². The highest BCUT2D eigenvalue weighted by Gasteiger charge is 2.18. The molecule has 0 amide bonds. The number of hydrogen-bond donors (Lipinski definition) is 2. The zero-order valence-electron chi connectivity index (χ0n) is 14.3. The van der Waals surface area contributed by atoms with Gasteiger partial charge in [-0.25, -0.2) is 4.98 Å². The van der Waals surface area contributed by atoms with Gasteiger partial charge in [-0.05, 0) is 50.5 Å². The van der Waals surface area contributed by atoms with E-state index in [1.807, 2.05) is 26.8 Å². The SMILES string of the molecule is Cc1cc(N2CCc3ccccc3C2)nc(NC(=S)NC(C)C)n1. The molecule has 0 saturated heterocycles. The quantitative estimate of drug-likeness (QED) is 0.837. The Bertz CT molecular complexity index is 744. The zero-order chi connectivity index (χ0) is 17.1. The Kier molecular flexibility index (Phi) is 4.94. The molecule has 0 saturated carbocycles. The largest absolute Gasteiger partial charge is 0.360 e. The molecule has 2 heterocycles. The topological polar surface area (TPSA) is 53.1 Å². The van der Waals surface area contributed by atoms with E-state index in [1.54, 1.807) is 0 Å². The number of anilines is 2. The van der Waals surface area contributed by atoms with Crippen molar-refractivity contribution in [3.8, 4) is 0 Å². The standard InChI is InChI=1S/C18H23N5S/c1-12(2)19-18(24)22-17-20-13(3)10-16(21-17)23-9-8-14-6-4-5-7-15(14)11-23/h4-7,10,12H,8-9,11H2,1-3H3,(H2,19,20,21,22,24). The lowest BCUT2D eigenvalue weighted by atomic mass is 10.00. The fraction of sp³-hybridized carbons (Fsp3) is 0.389. The first kappa shape index (κ1) is 16.6. The molecule has 0 atom stereocenters. The van der Waals surface area contributed by atoms with Crippen molar-refractivity contribution >= 4 is 29.1 Å². The third-order valence-electron chi connectivity index (χ3n) is 3.94. The van der Waals surface area contributed by atoms with Crippen LogP contribution in [0.15, 0.2) is 30.3 Å². The molecular formula is C18H23N5S. The summed E-state index contributed by atoms with van der Waals surface area (Å²) in [6, 6.07) is 10.9. The molecule has 3 rings (SSSR count). The van der Waals surface area contributed by atoms with E-state index in [0.29, 0.717) is 11.1 Å². The molecule has 5 nitrogen and oxygen atoms in total. The molecule has 0 radical (unpaired) electrons. The van der Waals surface area contributed by atoms with Crippen LogP contribution in [0.2, 0.25) is 0 Å². The maximum Gasteiger partial charge on any atom is 0.231 e. The van der Waals surface area contributed by atoms with Gasteiger partial charge in [-0.3, -0.25) is 0 Å². The summed E-state index contributed by atoms with van der Waals surface area (Å²) in [4.78, 5) is 11.4. The number of aryl methyl sites for hydroxylation is 1. The van der Waals surface area contributed by atoms with Crippen LogP contribution in [0.1, 0.15) is 30.7 Å². The van der Waals surface area contributed by atoms with Crippen LogP contribution in [0.4, 0.5) is 11.8 Å². The van der Waals surface area contributed by atoms with Gasteiger partial charge in [0.05, 0.1) is 0 Å². The Morgan fingerprint density at radius 3 is 2.71 bits per heavy atom. The molecule has 2 N–H and O–H groups in total. The molecule has 1 aromatic heterocycles. The first-order valence-corrected chi connectivity index (χ1v) is 8.67. The van der Waals surface area contributed by atoms with Gasteiger partial charge in [0.1, 0.15) is 5.82 Å². The fourth-order valence-corrected chi connectivity index (χ4v) is 3.19. The highest BCUT2D eigenvalue weighted by atomic mass is 32.1. The second kappa shape index (κ2) is 7.13. The predicted molar refractivity (Wildman–Crippen MR) is 102 cm³/mol. The molecule has 0 bridgehead atoms. The van der Waals surface area contributed by atoms with Crippen molar-refractivity contribution in [2.75, 3.05) is 16.8 Å². The minimum Gasteiger partial charge on any atom is -0.360 e. The van der Waals surface area contributed by atoms with Gasteiger partial charge in [-0.15, -0.1) is 0 Å². The fourth-order valence-electron chi connectivity index (χ4n) is 2.86. The Labute approximate surface area is 148 Å². The van der Waals surface area contributed by atoms with E-state index in [0.717, 1.165) is 31.0 Å². The van der Waals surface area contributed by atoms with Crippen LogP contribution in [-0.2, 0) is 13.0 Å². The molecular weight excluding hydrogens is 318 g/mol. The van der Waals surface area contributed by atoms with E-state index in [9.17, 15) is 0 Å². The molecule has 6 heteroatoms. The van der Waals surface area contributed by atoms with E-state index >= 15 is 0 Å². The highest BCUT2D eigenvalue weighted by molar-refractivity contribution is 7.80. The van der Waals surface area contributed by atoms with Gasteiger partial charge in [0.2, 0.25) is 5.95 Å². The maximum atomic E-state index is 5.29. The van der Waals surface area contributed by atoms with Crippen molar-refractivity contribution < 1.29 is 0 Å². The Hall–Kier alpha value is -2.21. The van der Waals surface area contributed by atoms with Crippen LogP contribution in [0.25, 0.3) is 0 Å². The number of rotatable bonds is 3. The lowest BCUT2D eigenvalue weighted by Gasteiger charge is -2.30. The van der Waals surface area contributed by atoms with Crippen molar-refractivity contribution in [1.82, 2.24) is 15.3 Å². The van der Waals surface area contributed by atoms with E-state index in [2.05, 4.69) is 49.8 Å². The smallest absolute Gasteiger partial charge is 0.231 e. The lowest BCUT2D eigenvalue weighted by molar-refractivity contribution is 0.718. The first-order valence-electron chi connectivity index (χ1n) is 8.26. The normalized spacial score (nSPS) is 13.6. The number of aromatic nitrogens is 2. The van der Waals surface area contributed by atoms with Crippen LogP contribution in [0.3, 0.4) is 0 Å². The summed E-state index contributed by atoms with van der Waals surface area (Å²) in [6.07, 6.45) is 1.04. The average Bonchev–Trinajstić information content (AvgIpc) is 2.53. The van der Waals surface area contributed by atoms with Crippen LogP contribution >= 0.6 is 12.2 Å². The molecule has 1 aromatic carbocycles. The Morgan fingerprint density at radius 1 is 1.21 bits per heavy atom. The second-order valence-corrected chi connectivity index (χ2v) is 6.79. The number of fused-ring (bicyclic) bond motifs is 1. The summed E-state index contributed by atoms with van der Waals surface area (Å²) in [5.74, 6) is 1.48. The van der Waals surface area contributed by atoms with Gasteiger partial charge in [0.25, 0.3) is 0 Å². The maximum absolute atomic E-state index is 5.29. The zero-order valence-corrected chi connectivity index (χ0v) is 15.2. The summed E-state index contributed by atoms with van der Waals surface area (Å²) >= 11 is 5.29. The summed E-state index contributed by atoms with van der Waals surface area (Å²) in [5, 5.41) is 6.78. The first-order chi connectivity index (χ1) is 11.5. The molecule has 0 spiro atoms. The number of benzene rings is 1. The van der Waals surface area contributed by atoms with Crippen LogP contribution in [0, 0.1) is 6.92 Å². The third kappa shape index (κ3) is 4.00. The molecule has 0 unspecified atom stereocenters.